The fourth-order valence-corrected chi connectivity index (χ4v) is 1.99. The molecule has 1 aliphatic heterocycles. The highest BCUT2D eigenvalue weighted by Gasteiger charge is 2.19. The van der Waals surface area contributed by atoms with Crippen LogP contribution >= 0.6 is 0 Å². The first kappa shape index (κ1) is 11.8. The Labute approximate surface area is 99.7 Å². The van der Waals surface area contributed by atoms with Crippen molar-refractivity contribution in [1.82, 2.24) is 15.3 Å². The van der Waals surface area contributed by atoms with Gasteiger partial charge in [-0.3, -0.25) is 0 Å². The second kappa shape index (κ2) is 5.09. The molecule has 2 rings (SSSR count). The van der Waals surface area contributed by atoms with E-state index in [1.54, 1.807) is 0 Å². The lowest BCUT2D eigenvalue weighted by Gasteiger charge is -2.32. The summed E-state index contributed by atoms with van der Waals surface area (Å²) in [5.74, 6) is -0.324. The molecule has 0 radical (unpaired) electrons. The van der Waals surface area contributed by atoms with Crippen LogP contribution in [0.15, 0.2) is 12.4 Å². The maximum absolute atomic E-state index is 10.7. The molecule has 0 amide bonds. The number of piperidine rings is 1. The van der Waals surface area contributed by atoms with Crippen LogP contribution in [0.3, 0.4) is 0 Å². The number of rotatable bonds is 3. The molecule has 1 aliphatic rings. The van der Waals surface area contributed by atoms with Gasteiger partial charge in [-0.2, -0.15) is 0 Å². The molecule has 1 fully saturated rings. The molecular formula is C11H16N4O2. The van der Waals surface area contributed by atoms with Crippen molar-refractivity contribution >= 4 is 11.8 Å². The van der Waals surface area contributed by atoms with Crippen molar-refractivity contribution in [1.29, 1.82) is 0 Å². The van der Waals surface area contributed by atoms with Gasteiger partial charge in [-0.15, -0.1) is 0 Å². The Hall–Kier alpha value is -1.69. The fourth-order valence-electron chi connectivity index (χ4n) is 1.99. The van der Waals surface area contributed by atoms with E-state index in [9.17, 15) is 4.79 Å². The summed E-state index contributed by atoms with van der Waals surface area (Å²) in [5.41, 5.74) is -0.0209. The van der Waals surface area contributed by atoms with Gasteiger partial charge < -0.3 is 15.3 Å². The second-order valence-corrected chi connectivity index (χ2v) is 4.16. The number of carbonyl (C=O) groups is 1. The minimum absolute atomic E-state index is 0.0209. The van der Waals surface area contributed by atoms with E-state index in [1.165, 1.54) is 12.4 Å². The van der Waals surface area contributed by atoms with Crippen LogP contribution in [0.5, 0.6) is 0 Å². The van der Waals surface area contributed by atoms with Crippen LogP contribution in [-0.2, 0) is 0 Å². The lowest BCUT2D eigenvalue weighted by Crippen LogP contribution is -2.41. The molecule has 1 aromatic heterocycles. The minimum atomic E-state index is -1.05. The molecule has 0 unspecified atom stereocenters. The molecule has 92 valence electrons. The van der Waals surface area contributed by atoms with Crippen LogP contribution in [0.1, 0.15) is 23.3 Å². The number of anilines is 1. The average molecular weight is 236 g/mol. The van der Waals surface area contributed by atoms with E-state index < -0.39 is 5.97 Å². The molecule has 0 spiro atoms. The molecule has 0 aliphatic carbocycles. The third kappa shape index (κ3) is 2.71. The topological polar surface area (TPSA) is 78.4 Å². The fraction of sp³-hybridized carbons (Fsp3) is 0.545. The largest absolute Gasteiger partial charge is 0.476 e. The van der Waals surface area contributed by atoms with Gasteiger partial charge in [0.25, 0.3) is 0 Å². The SMILES string of the molecule is CN(c1cnc(C(=O)O)cn1)C1CCNCC1. The van der Waals surface area contributed by atoms with E-state index in [1.807, 2.05) is 7.05 Å². The number of carboxylic acid groups (broad SMARTS) is 1. The molecule has 0 aromatic carbocycles. The highest BCUT2D eigenvalue weighted by atomic mass is 16.4. The van der Waals surface area contributed by atoms with Gasteiger partial charge in [0.1, 0.15) is 5.82 Å². The summed E-state index contributed by atoms with van der Waals surface area (Å²) in [6.45, 7) is 2.02. The summed E-state index contributed by atoms with van der Waals surface area (Å²) >= 11 is 0. The van der Waals surface area contributed by atoms with Gasteiger partial charge in [0.2, 0.25) is 0 Å². The summed E-state index contributed by atoms with van der Waals surface area (Å²) in [6, 6.07) is 0.446. The molecule has 1 saturated heterocycles. The number of aromatic nitrogens is 2. The third-order valence-corrected chi connectivity index (χ3v) is 3.08. The van der Waals surface area contributed by atoms with Gasteiger partial charge in [-0.1, -0.05) is 0 Å². The summed E-state index contributed by atoms with van der Waals surface area (Å²) < 4.78 is 0. The van der Waals surface area contributed by atoms with E-state index in [4.69, 9.17) is 5.11 Å². The molecule has 2 N–H and O–H groups in total. The first-order valence-electron chi connectivity index (χ1n) is 5.67. The zero-order chi connectivity index (χ0) is 12.3. The molecule has 6 heteroatoms. The molecule has 1 aromatic rings. The van der Waals surface area contributed by atoms with Crippen LogP contribution < -0.4 is 10.2 Å². The predicted octanol–water partition coefficient (Wildman–Crippen LogP) is 0.363. The zero-order valence-corrected chi connectivity index (χ0v) is 9.76. The predicted molar refractivity (Wildman–Crippen MR) is 63.3 cm³/mol. The number of hydrogen-bond acceptors (Lipinski definition) is 5. The Balaban J connectivity index is 2.07. The first-order chi connectivity index (χ1) is 8.18. The number of nitrogens with one attached hydrogen (secondary N) is 1. The van der Waals surface area contributed by atoms with E-state index in [2.05, 4.69) is 20.2 Å². The maximum Gasteiger partial charge on any atom is 0.356 e. The van der Waals surface area contributed by atoms with Gasteiger partial charge in [0, 0.05) is 13.1 Å². The Morgan fingerprint density at radius 1 is 1.41 bits per heavy atom. The average Bonchev–Trinajstić information content (AvgIpc) is 2.39. The van der Waals surface area contributed by atoms with E-state index >= 15 is 0 Å². The van der Waals surface area contributed by atoms with Crippen LogP contribution in [0.4, 0.5) is 5.82 Å². The van der Waals surface area contributed by atoms with Crippen molar-refractivity contribution in [3.05, 3.63) is 18.1 Å². The van der Waals surface area contributed by atoms with Crippen molar-refractivity contribution in [3.63, 3.8) is 0 Å². The van der Waals surface area contributed by atoms with Crippen LogP contribution in [-0.4, -0.2) is 47.2 Å². The quantitative estimate of drug-likeness (QED) is 0.789. The van der Waals surface area contributed by atoms with Crippen molar-refractivity contribution in [2.75, 3.05) is 25.0 Å². The summed E-state index contributed by atoms with van der Waals surface area (Å²) in [7, 11) is 1.97. The van der Waals surface area contributed by atoms with Gasteiger partial charge in [0.15, 0.2) is 5.69 Å². The summed E-state index contributed by atoms with van der Waals surface area (Å²) in [6.07, 6.45) is 4.96. The highest BCUT2D eigenvalue weighted by molar-refractivity contribution is 5.84. The van der Waals surface area contributed by atoms with Crippen molar-refractivity contribution < 1.29 is 9.90 Å². The molecule has 0 saturated carbocycles. The lowest BCUT2D eigenvalue weighted by atomic mass is 10.1. The molecule has 17 heavy (non-hydrogen) atoms. The molecule has 0 atom stereocenters. The van der Waals surface area contributed by atoms with Crippen LogP contribution in [0.25, 0.3) is 0 Å². The summed E-state index contributed by atoms with van der Waals surface area (Å²) in [5, 5.41) is 12.0. The van der Waals surface area contributed by atoms with Crippen molar-refractivity contribution in [2.24, 2.45) is 0 Å². The van der Waals surface area contributed by atoms with E-state index in [0.29, 0.717) is 6.04 Å². The van der Waals surface area contributed by atoms with Crippen molar-refractivity contribution in [2.45, 2.75) is 18.9 Å². The van der Waals surface area contributed by atoms with Gasteiger partial charge in [0.05, 0.1) is 12.4 Å². The molecular weight excluding hydrogens is 220 g/mol. The Kier molecular flexibility index (Phi) is 3.53. The number of aromatic carboxylic acids is 1. The standard InChI is InChI=1S/C11H16N4O2/c1-15(8-2-4-12-5-3-8)10-7-13-9(6-14-10)11(16)17/h6-8,12H,2-5H2,1H3,(H,16,17). The maximum atomic E-state index is 10.7. The normalized spacial score (nSPS) is 16.8. The Morgan fingerprint density at radius 2 is 2.12 bits per heavy atom. The smallest absolute Gasteiger partial charge is 0.356 e. The monoisotopic (exact) mass is 236 g/mol. The second-order valence-electron chi connectivity index (χ2n) is 4.16. The van der Waals surface area contributed by atoms with Crippen LogP contribution in [0.2, 0.25) is 0 Å². The third-order valence-electron chi connectivity index (χ3n) is 3.08. The highest BCUT2D eigenvalue weighted by Crippen LogP contribution is 2.16. The number of hydrogen-bond donors (Lipinski definition) is 2. The molecule has 6 nitrogen and oxygen atoms in total. The minimum Gasteiger partial charge on any atom is -0.476 e. The van der Waals surface area contributed by atoms with E-state index in [0.717, 1.165) is 31.7 Å². The van der Waals surface area contributed by atoms with E-state index in [-0.39, 0.29) is 5.69 Å². The van der Waals surface area contributed by atoms with Crippen LogP contribution in [0, 0.1) is 0 Å². The number of nitrogens with zero attached hydrogens (tertiary/aromatic N) is 3. The van der Waals surface area contributed by atoms with Gasteiger partial charge >= 0.3 is 5.97 Å². The first-order valence-corrected chi connectivity index (χ1v) is 5.67. The van der Waals surface area contributed by atoms with Crippen molar-refractivity contribution in [3.8, 4) is 0 Å². The molecule has 2 heterocycles. The Bertz CT molecular complexity index is 387. The van der Waals surface area contributed by atoms with Gasteiger partial charge in [-0.25, -0.2) is 14.8 Å². The van der Waals surface area contributed by atoms with Gasteiger partial charge in [-0.05, 0) is 25.9 Å². The number of carboxylic acids is 1. The Morgan fingerprint density at radius 3 is 2.65 bits per heavy atom. The zero-order valence-electron chi connectivity index (χ0n) is 9.76. The lowest BCUT2D eigenvalue weighted by molar-refractivity contribution is 0.0690. The summed E-state index contributed by atoms with van der Waals surface area (Å²) in [4.78, 5) is 20.7. The molecule has 0 bridgehead atoms.